The van der Waals surface area contributed by atoms with Crippen LogP contribution in [0.5, 0.6) is 0 Å². The molecule has 0 radical (unpaired) electrons. The maximum absolute atomic E-state index is 12.1. The first-order valence-electron chi connectivity index (χ1n) is 5.85. The molecule has 1 aromatic rings. The summed E-state index contributed by atoms with van der Waals surface area (Å²) in [5.41, 5.74) is 3.26. The summed E-state index contributed by atoms with van der Waals surface area (Å²) in [6.45, 7) is 7.00. The average Bonchev–Trinajstić information content (AvgIpc) is 2.71. The van der Waals surface area contributed by atoms with E-state index < -0.39 is 0 Å². The van der Waals surface area contributed by atoms with Crippen molar-refractivity contribution in [3.63, 3.8) is 0 Å². The number of benzene rings is 1. The number of thioether (sulfide) groups is 1. The lowest BCUT2D eigenvalue weighted by atomic mass is 10.1. The van der Waals surface area contributed by atoms with Crippen molar-refractivity contribution in [2.45, 2.75) is 26.1 Å². The van der Waals surface area contributed by atoms with Gasteiger partial charge in [0.2, 0.25) is 0 Å². The Hall–Kier alpha value is -1.16. The molecule has 1 saturated heterocycles. The van der Waals surface area contributed by atoms with E-state index in [4.69, 9.17) is 0 Å². The van der Waals surface area contributed by atoms with Gasteiger partial charge in [-0.25, -0.2) is 4.79 Å². The Morgan fingerprint density at radius 3 is 2.88 bits per heavy atom. The molecular weight excluding hydrogens is 232 g/mol. The number of hydrogen-bond donors (Lipinski definition) is 1. The fourth-order valence-corrected chi connectivity index (χ4v) is 2.96. The third-order valence-electron chi connectivity index (χ3n) is 3.24. The highest BCUT2D eigenvalue weighted by molar-refractivity contribution is 8.00. The lowest BCUT2D eigenvalue weighted by molar-refractivity contribution is 0.216. The first kappa shape index (κ1) is 12.3. The Morgan fingerprint density at radius 2 is 2.24 bits per heavy atom. The Morgan fingerprint density at radius 1 is 1.47 bits per heavy atom. The lowest BCUT2D eigenvalue weighted by Crippen LogP contribution is -2.36. The molecule has 17 heavy (non-hydrogen) atoms. The van der Waals surface area contributed by atoms with E-state index in [0.29, 0.717) is 0 Å². The van der Waals surface area contributed by atoms with Crippen molar-refractivity contribution in [1.29, 1.82) is 0 Å². The van der Waals surface area contributed by atoms with Gasteiger partial charge in [0.05, 0.1) is 5.37 Å². The van der Waals surface area contributed by atoms with Gasteiger partial charge in [-0.1, -0.05) is 12.1 Å². The van der Waals surface area contributed by atoms with Crippen LogP contribution in [0.3, 0.4) is 0 Å². The number of nitrogens with one attached hydrogen (secondary N) is 1. The number of nitrogens with zero attached hydrogens (tertiary/aromatic N) is 1. The molecular formula is C13H18N2OS. The molecule has 1 atom stereocenters. The minimum Gasteiger partial charge on any atom is -0.312 e. The molecule has 0 aliphatic carbocycles. The monoisotopic (exact) mass is 250 g/mol. The van der Waals surface area contributed by atoms with Crippen LogP contribution in [0.1, 0.15) is 18.1 Å². The summed E-state index contributed by atoms with van der Waals surface area (Å²) in [7, 11) is 0. The molecule has 2 amide bonds. The minimum atomic E-state index is 0.0104. The molecule has 1 heterocycles. The second-order valence-electron chi connectivity index (χ2n) is 4.34. The second-order valence-corrected chi connectivity index (χ2v) is 5.76. The fourth-order valence-electron chi connectivity index (χ4n) is 1.93. The highest BCUT2D eigenvalue weighted by atomic mass is 32.2. The predicted octanol–water partition coefficient (Wildman–Crippen LogP) is 3.23. The van der Waals surface area contributed by atoms with Crippen LogP contribution in [0.2, 0.25) is 0 Å². The van der Waals surface area contributed by atoms with Gasteiger partial charge in [-0.3, -0.25) is 0 Å². The largest absolute Gasteiger partial charge is 0.322 e. The maximum Gasteiger partial charge on any atom is 0.322 e. The maximum atomic E-state index is 12.1. The van der Waals surface area contributed by atoms with Crippen LogP contribution in [0.25, 0.3) is 0 Å². The molecule has 3 nitrogen and oxygen atoms in total. The fraction of sp³-hybridized carbons (Fsp3) is 0.462. The Balaban J connectivity index is 2.10. The standard InChI is InChI=1S/C13H18N2OS/c1-9-5-4-6-12(10(9)2)14-13(16)15-7-8-17-11(15)3/h4-6,11H,7-8H2,1-3H3,(H,14,16). The highest BCUT2D eigenvalue weighted by Crippen LogP contribution is 2.25. The minimum absolute atomic E-state index is 0.0104. The molecule has 0 spiro atoms. The molecule has 4 heteroatoms. The van der Waals surface area contributed by atoms with E-state index in [1.807, 2.05) is 35.7 Å². The predicted molar refractivity (Wildman–Crippen MR) is 73.6 cm³/mol. The summed E-state index contributed by atoms with van der Waals surface area (Å²) in [6, 6.07) is 5.99. The van der Waals surface area contributed by atoms with Crippen molar-refractivity contribution in [2.75, 3.05) is 17.6 Å². The SMILES string of the molecule is Cc1cccc(NC(=O)N2CCSC2C)c1C. The Kier molecular flexibility index (Phi) is 3.62. The van der Waals surface area contributed by atoms with Crippen LogP contribution >= 0.6 is 11.8 Å². The van der Waals surface area contributed by atoms with Crippen LogP contribution in [0.15, 0.2) is 18.2 Å². The molecule has 0 aromatic heterocycles. The van der Waals surface area contributed by atoms with Crippen LogP contribution < -0.4 is 5.32 Å². The summed E-state index contributed by atoms with van der Waals surface area (Å²) < 4.78 is 0. The van der Waals surface area contributed by atoms with E-state index in [9.17, 15) is 4.79 Å². The van der Waals surface area contributed by atoms with Crippen LogP contribution in [0.4, 0.5) is 10.5 Å². The smallest absolute Gasteiger partial charge is 0.312 e. The third kappa shape index (κ3) is 2.57. The number of amides is 2. The quantitative estimate of drug-likeness (QED) is 0.830. The number of rotatable bonds is 1. The number of hydrogen-bond acceptors (Lipinski definition) is 2. The summed E-state index contributed by atoms with van der Waals surface area (Å²) in [4.78, 5) is 14.0. The molecule has 2 rings (SSSR count). The molecule has 1 aromatic carbocycles. The van der Waals surface area contributed by atoms with Gasteiger partial charge in [-0.2, -0.15) is 0 Å². The van der Waals surface area contributed by atoms with E-state index in [2.05, 4.69) is 25.2 Å². The number of aryl methyl sites for hydroxylation is 1. The number of anilines is 1. The first-order chi connectivity index (χ1) is 8.09. The summed E-state index contributed by atoms with van der Waals surface area (Å²) >= 11 is 1.82. The van der Waals surface area contributed by atoms with E-state index in [1.165, 1.54) is 5.56 Å². The van der Waals surface area contributed by atoms with Gasteiger partial charge >= 0.3 is 6.03 Å². The second kappa shape index (κ2) is 5.00. The zero-order valence-electron chi connectivity index (χ0n) is 10.5. The van der Waals surface area contributed by atoms with E-state index >= 15 is 0 Å². The van der Waals surface area contributed by atoms with Gasteiger partial charge in [0, 0.05) is 18.0 Å². The van der Waals surface area contributed by atoms with Crippen molar-refractivity contribution in [2.24, 2.45) is 0 Å². The van der Waals surface area contributed by atoms with Gasteiger partial charge in [0.1, 0.15) is 0 Å². The third-order valence-corrected chi connectivity index (χ3v) is 4.39. The molecule has 1 unspecified atom stereocenters. The topological polar surface area (TPSA) is 32.3 Å². The number of carbonyl (C=O) groups is 1. The average molecular weight is 250 g/mol. The van der Waals surface area contributed by atoms with Crippen LogP contribution in [-0.2, 0) is 0 Å². The number of urea groups is 1. The molecule has 0 saturated carbocycles. The first-order valence-corrected chi connectivity index (χ1v) is 6.90. The Labute approximate surface area is 107 Å². The van der Waals surface area contributed by atoms with Gasteiger partial charge < -0.3 is 10.2 Å². The molecule has 1 aliphatic rings. The molecule has 1 N–H and O–H groups in total. The Bertz CT molecular complexity index is 433. The van der Waals surface area contributed by atoms with Crippen molar-refractivity contribution in [3.8, 4) is 0 Å². The van der Waals surface area contributed by atoms with E-state index in [-0.39, 0.29) is 11.4 Å². The summed E-state index contributed by atoms with van der Waals surface area (Å²) in [5.74, 6) is 1.03. The lowest BCUT2D eigenvalue weighted by Gasteiger charge is -2.21. The number of carbonyl (C=O) groups excluding carboxylic acids is 1. The zero-order chi connectivity index (χ0) is 12.4. The van der Waals surface area contributed by atoms with Crippen molar-refractivity contribution >= 4 is 23.5 Å². The van der Waals surface area contributed by atoms with Crippen LogP contribution in [-0.4, -0.2) is 28.6 Å². The highest BCUT2D eigenvalue weighted by Gasteiger charge is 2.25. The van der Waals surface area contributed by atoms with Crippen molar-refractivity contribution < 1.29 is 4.79 Å². The molecule has 1 fully saturated rings. The molecule has 92 valence electrons. The van der Waals surface area contributed by atoms with Crippen molar-refractivity contribution in [3.05, 3.63) is 29.3 Å². The summed E-state index contributed by atoms with van der Waals surface area (Å²) in [5, 5.41) is 3.27. The normalized spacial score (nSPS) is 19.5. The van der Waals surface area contributed by atoms with Gasteiger partial charge in [0.15, 0.2) is 0 Å². The van der Waals surface area contributed by atoms with E-state index in [1.54, 1.807) is 0 Å². The molecule has 1 aliphatic heterocycles. The van der Waals surface area contributed by atoms with Crippen LogP contribution in [0, 0.1) is 13.8 Å². The van der Waals surface area contributed by atoms with Crippen molar-refractivity contribution in [1.82, 2.24) is 4.90 Å². The zero-order valence-corrected chi connectivity index (χ0v) is 11.3. The van der Waals surface area contributed by atoms with E-state index in [0.717, 1.165) is 23.5 Å². The molecule has 0 bridgehead atoms. The van der Waals surface area contributed by atoms with Gasteiger partial charge in [-0.15, -0.1) is 11.8 Å². The van der Waals surface area contributed by atoms with Gasteiger partial charge in [0.25, 0.3) is 0 Å². The summed E-state index contributed by atoms with van der Waals surface area (Å²) in [6.07, 6.45) is 0. The van der Waals surface area contributed by atoms with Gasteiger partial charge in [-0.05, 0) is 38.0 Å².